The van der Waals surface area contributed by atoms with Crippen LogP contribution in [-0.2, 0) is 16.6 Å². The molecule has 0 aliphatic carbocycles. The highest BCUT2D eigenvalue weighted by atomic mass is 35.5. The number of carbonyl (C=O) groups is 1. The van der Waals surface area contributed by atoms with Crippen LogP contribution < -0.4 is 14.9 Å². The Balaban J connectivity index is 1.36. The molecule has 1 amide bonds. The van der Waals surface area contributed by atoms with Crippen LogP contribution in [0.2, 0.25) is 5.02 Å². The number of carbonyl (C=O) groups excluding carboxylic acids is 1. The number of anilines is 1. The van der Waals surface area contributed by atoms with E-state index in [2.05, 4.69) is 15.2 Å². The van der Waals surface area contributed by atoms with Gasteiger partial charge in [0.15, 0.2) is 0 Å². The van der Waals surface area contributed by atoms with Crippen LogP contribution in [0.4, 0.5) is 5.69 Å². The number of sulfonamides is 1. The molecule has 7 nitrogen and oxygen atoms in total. The molecule has 0 atom stereocenters. The summed E-state index contributed by atoms with van der Waals surface area (Å²) in [6, 6.07) is 27.4. The van der Waals surface area contributed by atoms with Gasteiger partial charge < -0.3 is 4.74 Å². The molecule has 0 aliphatic rings. The quantitative estimate of drug-likeness (QED) is 0.210. The highest BCUT2D eigenvalue weighted by Crippen LogP contribution is 2.21. The minimum absolute atomic E-state index is 0.0245. The van der Waals surface area contributed by atoms with E-state index in [9.17, 15) is 13.2 Å². The summed E-state index contributed by atoms with van der Waals surface area (Å²) in [7, 11) is -3.92. The molecule has 0 saturated carbocycles. The molecule has 0 aromatic heterocycles. The van der Waals surface area contributed by atoms with Crippen molar-refractivity contribution in [2.75, 3.05) is 4.72 Å². The molecule has 4 aromatic carbocycles. The zero-order valence-electron chi connectivity index (χ0n) is 19.9. The number of rotatable bonds is 9. The Bertz CT molecular complexity index is 1500. The van der Waals surface area contributed by atoms with Crippen molar-refractivity contribution in [3.05, 3.63) is 124 Å². The Morgan fingerprint density at radius 1 is 0.919 bits per heavy atom. The van der Waals surface area contributed by atoms with Gasteiger partial charge in [-0.25, -0.2) is 13.8 Å². The van der Waals surface area contributed by atoms with Crippen LogP contribution in [0.1, 0.15) is 27.0 Å². The smallest absolute Gasteiger partial charge is 0.273 e. The molecule has 0 heterocycles. The van der Waals surface area contributed by atoms with Crippen molar-refractivity contribution < 1.29 is 17.9 Å². The first kappa shape index (κ1) is 25.9. The molecule has 2 N–H and O–H groups in total. The number of ether oxygens (including phenoxy) is 1. The fourth-order valence-corrected chi connectivity index (χ4v) is 4.52. The van der Waals surface area contributed by atoms with E-state index in [0.717, 1.165) is 11.1 Å². The van der Waals surface area contributed by atoms with Gasteiger partial charge in [-0.3, -0.25) is 9.52 Å². The lowest BCUT2D eigenvalue weighted by atomic mass is 10.2. The van der Waals surface area contributed by atoms with Gasteiger partial charge in [0.25, 0.3) is 15.9 Å². The van der Waals surface area contributed by atoms with Gasteiger partial charge in [0.1, 0.15) is 12.4 Å². The number of amides is 1. The van der Waals surface area contributed by atoms with Crippen LogP contribution in [0.15, 0.2) is 107 Å². The van der Waals surface area contributed by atoms with Crippen molar-refractivity contribution in [3.8, 4) is 5.75 Å². The van der Waals surface area contributed by atoms with Crippen molar-refractivity contribution in [2.45, 2.75) is 18.4 Å². The molecule has 4 aromatic rings. The number of hydrazone groups is 1. The Kier molecular flexibility index (Phi) is 8.22. The molecule has 0 spiro atoms. The Morgan fingerprint density at radius 3 is 2.30 bits per heavy atom. The Hall–Kier alpha value is -4.14. The van der Waals surface area contributed by atoms with Crippen molar-refractivity contribution >= 4 is 39.4 Å². The molecule has 0 unspecified atom stereocenters. The third-order valence-electron chi connectivity index (χ3n) is 5.33. The van der Waals surface area contributed by atoms with Gasteiger partial charge in [0.05, 0.1) is 22.4 Å². The van der Waals surface area contributed by atoms with E-state index in [1.165, 1.54) is 48.2 Å². The summed E-state index contributed by atoms with van der Waals surface area (Å²) in [6.07, 6.45) is 1.49. The molecule has 188 valence electrons. The maximum Gasteiger partial charge on any atom is 0.273 e. The first-order valence-corrected chi connectivity index (χ1v) is 13.2. The lowest BCUT2D eigenvalue weighted by molar-refractivity contribution is 0.0956. The topological polar surface area (TPSA) is 96.9 Å². The summed E-state index contributed by atoms with van der Waals surface area (Å²) in [5.74, 6) is 0.146. The molecule has 37 heavy (non-hydrogen) atoms. The number of nitrogens with zero attached hydrogens (tertiary/aromatic N) is 1. The van der Waals surface area contributed by atoms with Gasteiger partial charge in [-0.15, -0.1) is 0 Å². The molecular weight excluding hydrogens is 510 g/mol. The summed E-state index contributed by atoms with van der Waals surface area (Å²) in [5, 5.41) is 4.42. The fraction of sp³-hybridized carbons (Fsp3) is 0.0714. The minimum atomic E-state index is -3.92. The van der Waals surface area contributed by atoms with E-state index in [1.54, 1.807) is 12.1 Å². The van der Waals surface area contributed by atoms with E-state index in [4.69, 9.17) is 16.3 Å². The minimum Gasteiger partial charge on any atom is -0.489 e. The summed E-state index contributed by atoms with van der Waals surface area (Å²) in [5.41, 5.74) is 5.71. The van der Waals surface area contributed by atoms with Gasteiger partial charge in [0.2, 0.25) is 0 Å². The fourth-order valence-electron chi connectivity index (χ4n) is 3.31. The molecule has 9 heteroatoms. The molecule has 0 radical (unpaired) electrons. The summed E-state index contributed by atoms with van der Waals surface area (Å²) in [6.45, 7) is 2.50. The molecule has 0 saturated heterocycles. The average Bonchev–Trinajstić information content (AvgIpc) is 2.89. The number of benzene rings is 4. The van der Waals surface area contributed by atoms with E-state index < -0.39 is 15.9 Å². The molecule has 4 rings (SSSR count). The monoisotopic (exact) mass is 533 g/mol. The van der Waals surface area contributed by atoms with Crippen LogP contribution in [0, 0.1) is 6.92 Å². The highest BCUT2D eigenvalue weighted by molar-refractivity contribution is 7.92. The van der Waals surface area contributed by atoms with Crippen molar-refractivity contribution in [1.29, 1.82) is 0 Å². The number of halogens is 1. The maximum absolute atomic E-state index is 12.7. The Labute approximate surface area is 220 Å². The van der Waals surface area contributed by atoms with Crippen LogP contribution in [0.3, 0.4) is 0 Å². The van der Waals surface area contributed by atoms with Gasteiger partial charge in [0, 0.05) is 5.02 Å². The third-order valence-corrected chi connectivity index (χ3v) is 6.96. The van der Waals surface area contributed by atoms with Crippen LogP contribution in [0.25, 0.3) is 0 Å². The highest BCUT2D eigenvalue weighted by Gasteiger charge is 2.18. The first-order chi connectivity index (χ1) is 17.8. The van der Waals surface area contributed by atoms with E-state index >= 15 is 0 Å². The lowest BCUT2D eigenvalue weighted by Crippen LogP contribution is -2.21. The zero-order valence-corrected chi connectivity index (χ0v) is 21.5. The van der Waals surface area contributed by atoms with Gasteiger partial charge in [-0.1, -0.05) is 53.6 Å². The average molecular weight is 534 g/mol. The van der Waals surface area contributed by atoms with Gasteiger partial charge >= 0.3 is 0 Å². The van der Waals surface area contributed by atoms with Crippen molar-refractivity contribution in [3.63, 3.8) is 0 Å². The predicted molar refractivity (Wildman–Crippen MR) is 146 cm³/mol. The summed E-state index contributed by atoms with van der Waals surface area (Å²) >= 11 is 5.84. The van der Waals surface area contributed by atoms with E-state index in [0.29, 0.717) is 17.4 Å². The molecular formula is C28H24ClN3O4S. The Morgan fingerprint density at radius 2 is 1.59 bits per heavy atom. The summed E-state index contributed by atoms with van der Waals surface area (Å²) < 4.78 is 33.7. The maximum atomic E-state index is 12.7. The van der Waals surface area contributed by atoms with Crippen LogP contribution >= 0.6 is 11.6 Å². The largest absolute Gasteiger partial charge is 0.489 e. The van der Waals surface area contributed by atoms with E-state index in [1.807, 2.05) is 55.5 Å². The molecule has 0 aliphatic heterocycles. The predicted octanol–water partition coefficient (Wildman–Crippen LogP) is 5.79. The number of aryl methyl sites for hydroxylation is 1. The summed E-state index contributed by atoms with van der Waals surface area (Å²) in [4.78, 5) is 12.7. The first-order valence-electron chi connectivity index (χ1n) is 11.3. The normalized spacial score (nSPS) is 11.3. The second kappa shape index (κ2) is 11.7. The number of hydrogen-bond donors (Lipinski definition) is 2. The van der Waals surface area contributed by atoms with Crippen LogP contribution in [-0.4, -0.2) is 20.5 Å². The van der Waals surface area contributed by atoms with Crippen molar-refractivity contribution in [1.82, 2.24) is 5.43 Å². The number of para-hydroxylation sites is 1. The molecule has 0 fully saturated rings. The zero-order chi connectivity index (χ0) is 26.3. The third kappa shape index (κ3) is 7.19. The van der Waals surface area contributed by atoms with Gasteiger partial charge in [-0.05, 0) is 78.7 Å². The second-order valence-electron chi connectivity index (χ2n) is 8.15. The standard InChI is InChI=1S/C28H24ClN3O4S/c1-20-6-8-22(9-7-20)19-36-24-14-10-21(11-15-24)18-30-31-28(33)26-4-2-3-5-27(26)32-37(34,35)25-16-12-23(29)13-17-25/h2-18,32H,19H2,1H3,(H,31,33)/b30-18-. The number of nitrogens with one attached hydrogen (secondary N) is 2. The van der Waals surface area contributed by atoms with Gasteiger partial charge in [-0.2, -0.15) is 5.10 Å². The SMILES string of the molecule is Cc1ccc(COc2ccc(/C=N\NC(=O)c3ccccc3NS(=O)(=O)c3ccc(Cl)cc3)cc2)cc1. The van der Waals surface area contributed by atoms with Crippen molar-refractivity contribution in [2.24, 2.45) is 5.10 Å². The van der Waals surface area contributed by atoms with E-state index in [-0.39, 0.29) is 16.1 Å². The second-order valence-corrected chi connectivity index (χ2v) is 10.3. The molecule has 0 bridgehead atoms. The number of hydrogen-bond acceptors (Lipinski definition) is 5. The lowest BCUT2D eigenvalue weighted by Gasteiger charge is -2.11. The van der Waals surface area contributed by atoms with Crippen LogP contribution in [0.5, 0.6) is 5.75 Å².